The molecular weight excluding hydrogens is 392 g/mol. The third-order valence-corrected chi connectivity index (χ3v) is 5.42. The largest absolute Gasteiger partial charge is 0.496 e. The molecule has 0 N–H and O–H groups in total. The van der Waals surface area contributed by atoms with E-state index in [0.717, 1.165) is 47.8 Å². The summed E-state index contributed by atoms with van der Waals surface area (Å²) in [5.41, 5.74) is 4.95. The van der Waals surface area contributed by atoms with E-state index >= 15 is 0 Å². The molecule has 2 aromatic heterocycles. The Morgan fingerprint density at radius 2 is 2.00 bits per heavy atom. The average molecular weight is 421 g/mol. The molecule has 8 heteroatoms. The summed E-state index contributed by atoms with van der Waals surface area (Å²) in [4.78, 5) is 21.9. The van der Waals surface area contributed by atoms with Crippen LogP contribution in [0.15, 0.2) is 43.1 Å². The molecule has 0 bridgehead atoms. The van der Waals surface area contributed by atoms with Gasteiger partial charge in [-0.3, -0.25) is 4.90 Å². The fourth-order valence-electron chi connectivity index (χ4n) is 3.89. The topological polar surface area (TPSA) is 76.5 Å². The fraction of sp³-hybridized carbons (Fsp3) is 0.391. The number of ether oxygens (including phenoxy) is 2. The fourth-order valence-corrected chi connectivity index (χ4v) is 3.89. The van der Waals surface area contributed by atoms with Gasteiger partial charge < -0.3 is 14.4 Å². The molecule has 0 spiro atoms. The number of anilines is 1. The first-order valence-corrected chi connectivity index (χ1v) is 10.3. The van der Waals surface area contributed by atoms with E-state index in [9.17, 15) is 0 Å². The Bertz CT molecular complexity index is 1030. The molecule has 31 heavy (non-hydrogen) atoms. The van der Waals surface area contributed by atoms with Crippen molar-refractivity contribution >= 4 is 5.95 Å². The van der Waals surface area contributed by atoms with Crippen LogP contribution >= 0.6 is 0 Å². The number of benzene rings is 1. The average Bonchev–Trinajstić information content (AvgIpc) is 2.79. The van der Waals surface area contributed by atoms with Crippen molar-refractivity contribution < 1.29 is 9.47 Å². The maximum absolute atomic E-state index is 6.19. The van der Waals surface area contributed by atoms with Gasteiger partial charge in [0.1, 0.15) is 18.2 Å². The maximum Gasteiger partial charge on any atom is 0.225 e. The molecule has 3 aromatic rings. The van der Waals surface area contributed by atoms with Crippen LogP contribution < -0.4 is 9.64 Å². The summed E-state index contributed by atoms with van der Waals surface area (Å²) in [5, 5.41) is 0. The highest BCUT2D eigenvalue weighted by atomic mass is 16.5. The number of morpholine rings is 1. The monoisotopic (exact) mass is 420 g/mol. The molecule has 0 aliphatic carbocycles. The Morgan fingerprint density at radius 3 is 2.74 bits per heavy atom. The van der Waals surface area contributed by atoms with Crippen LogP contribution in [0.4, 0.5) is 5.95 Å². The van der Waals surface area contributed by atoms with Crippen molar-refractivity contribution in [1.82, 2.24) is 24.8 Å². The second-order valence-corrected chi connectivity index (χ2v) is 7.85. The van der Waals surface area contributed by atoms with Gasteiger partial charge in [0.2, 0.25) is 5.95 Å². The highest BCUT2D eigenvalue weighted by molar-refractivity contribution is 5.64. The molecule has 4 rings (SSSR count). The van der Waals surface area contributed by atoms with Crippen molar-refractivity contribution in [2.75, 3.05) is 45.8 Å². The van der Waals surface area contributed by atoms with Gasteiger partial charge >= 0.3 is 0 Å². The first-order chi connectivity index (χ1) is 15.1. The van der Waals surface area contributed by atoms with Crippen molar-refractivity contribution in [2.45, 2.75) is 19.6 Å². The van der Waals surface area contributed by atoms with Crippen LogP contribution in [0.1, 0.15) is 22.9 Å². The van der Waals surface area contributed by atoms with E-state index < -0.39 is 0 Å². The predicted molar refractivity (Wildman–Crippen MR) is 119 cm³/mol. The minimum Gasteiger partial charge on any atom is -0.496 e. The Hall–Kier alpha value is -3.10. The summed E-state index contributed by atoms with van der Waals surface area (Å²) in [6.45, 7) is 5.07. The quantitative estimate of drug-likeness (QED) is 0.603. The normalized spacial score (nSPS) is 16.8. The van der Waals surface area contributed by atoms with E-state index in [2.05, 4.69) is 45.0 Å². The molecule has 0 unspecified atom stereocenters. The molecule has 1 aromatic carbocycles. The van der Waals surface area contributed by atoms with E-state index in [1.807, 2.05) is 25.2 Å². The van der Waals surface area contributed by atoms with Gasteiger partial charge in [0.15, 0.2) is 0 Å². The number of hydrogen-bond acceptors (Lipinski definition) is 8. The lowest BCUT2D eigenvalue weighted by Crippen LogP contribution is -2.38. The summed E-state index contributed by atoms with van der Waals surface area (Å²) >= 11 is 0. The van der Waals surface area contributed by atoms with Crippen LogP contribution in [-0.2, 0) is 11.3 Å². The Morgan fingerprint density at radius 1 is 1.19 bits per heavy atom. The molecule has 162 valence electrons. The van der Waals surface area contributed by atoms with Gasteiger partial charge in [0.25, 0.3) is 0 Å². The first-order valence-electron chi connectivity index (χ1n) is 10.3. The standard InChI is InChI=1S/C23H28N6O2/c1-16-6-5-7-17(22(16)30-4)13-29-8-9-31-20(14-29)21-19(18-10-24-15-25-11-18)12-26-23(27-21)28(2)3/h5-7,10-12,15,20H,8-9,13-14H2,1-4H3/t20-/m0/s1. The maximum atomic E-state index is 6.19. The molecular formula is C23H28N6O2. The van der Waals surface area contributed by atoms with E-state index in [-0.39, 0.29) is 6.10 Å². The van der Waals surface area contributed by atoms with Gasteiger partial charge in [-0.05, 0) is 12.5 Å². The number of para-hydroxylation sites is 1. The summed E-state index contributed by atoms with van der Waals surface area (Å²) in [7, 11) is 5.59. The molecule has 1 atom stereocenters. The van der Waals surface area contributed by atoms with Crippen LogP contribution in [0.5, 0.6) is 5.75 Å². The number of methoxy groups -OCH3 is 1. The van der Waals surface area contributed by atoms with Crippen molar-refractivity contribution in [1.29, 1.82) is 0 Å². The highest BCUT2D eigenvalue weighted by Gasteiger charge is 2.27. The predicted octanol–water partition coefficient (Wildman–Crippen LogP) is 2.89. The molecule has 8 nitrogen and oxygen atoms in total. The molecule has 1 aliphatic heterocycles. The van der Waals surface area contributed by atoms with Gasteiger partial charge in [-0.15, -0.1) is 0 Å². The summed E-state index contributed by atoms with van der Waals surface area (Å²) in [5.74, 6) is 1.60. The Kier molecular flexibility index (Phi) is 6.39. The number of rotatable bonds is 6. The summed E-state index contributed by atoms with van der Waals surface area (Å²) in [6, 6.07) is 6.27. The third-order valence-electron chi connectivity index (χ3n) is 5.42. The summed E-state index contributed by atoms with van der Waals surface area (Å²) in [6.07, 6.45) is 6.74. The second-order valence-electron chi connectivity index (χ2n) is 7.85. The van der Waals surface area contributed by atoms with Crippen LogP contribution in [0.3, 0.4) is 0 Å². The molecule has 0 amide bonds. The zero-order valence-corrected chi connectivity index (χ0v) is 18.4. The van der Waals surface area contributed by atoms with E-state index in [1.54, 1.807) is 19.5 Å². The van der Waals surface area contributed by atoms with Crippen LogP contribution in [-0.4, -0.2) is 65.7 Å². The van der Waals surface area contributed by atoms with Gasteiger partial charge in [-0.2, -0.15) is 0 Å². The van der Waals surface area contributed by atoms with E-state index in [4.69, 9.17) is 14.5 Å². The smallest absolute Gasteiger partial charge is 0.225 e. The molecule has 1 aliphatic rings. The van der Waals surface area contributed by atoms with Crippen LogP contribution in [0.25, 0.3) is 11.1 Å². The molecule has 1 fully saturated rings. The molecule has 1 saturated heterocycles. The van der Waals surface area contributed by atoms with Crippen molar-refractivity contribution in [3.8, 4) is 16.9 Å². The molecule has 0 radical (unpaired) electrons. The third kappa shape index (κ3) is 4.65. The number of aromatic nitrogens is 4. The van der Waals surface area contributed by atoms with Gasteiger partial charge in [-0.1, -0.05) is 18.2 Å². The van der Waals surface area contributed by atoms with Crippen LogP contribution in [0, 0.1) is 6.92 Å². The lowest BCUT2D eigenvalue weighted by molar-refractivity contribution is -0.0348. The van der Waals surface area contributed by atoms with Gasteiger partial charge in [-0.25, -0.2) is 19.9 Å². The minimum atomic E-state index is -0.179. The first kappa shape index (κ1) is 21.1. The Balaban J connectivity index is 1.63. The highest BCUT2D eigenvalue weighted by Crippen LogP contribution is 2.32. The number of nitrogens with zero attached hydrogens (tertiary/aromatic N) is 6. The van der Waals surface area contributed by atoms with Crippen molar-refractivity contribution in [2.24, 2.45) is 0 Å². The number of aryl methyl sites for hydroxylation is 1. The lowest BCUT2D eigenvalue weighted by atomic mass is 10.0. The second kappa shape index (κ2) is 9.36. The SMILES string of the molecule is COc1c(C)cccc1CN1CCO[C@H](c2nc(N(C)C)ncc2-c2cncnc2)C1. The number of hydrogen-bond donors (Lipinski definition) is 0. The minimum absolute atomic E-state index is 0.179. The van der Waals surface area contributed by atoms with Crippen LogP contribution in [0.2, 0.25) is 0 Å². The molecule has 0 saturated carbocycles. The lowest BCUT2D eigenvalue weighted by Gasteiger charge is -2.34. The van der Waals surface area contributed by atoms with Crippen molar-refractivity contribution in [3.05, 3.63) is 59.9 Å². The Labute approximate surface area is 182 Å². The van der Waals surface area contributed by atoms with E-state index in [1.165, 1.54) is 11.9 Å². The zero-order chi connectivity index (χ0) is 21.8. The zero-order valence-electron chi connectivity index (χ0n) is 18.4. The summed E-state index contributed by atoms with van der Waals surface area (Å²) < 4.78 is 11.8. The van der Waals surface area contributed by atoms with E-state index in [0.29, 0.717) is 12.6 Å². The molecule has 3 heterocycles. The van der Waals surface area contributed by atoms with Gasteiger partial charge in [0, 0.05) is 69.0 Å². The van der Waals surface area contributed by atoms with Gasteiger partial charge in [0.05, 0.1) is 19.4 Å². The van der Waals surface area contributed by atoms with Crippen molar-refractivity contribution in [3.63, 3.8) is 0 Å².